The minimum Gasteiger partial charge on any atom is -0.497 e. The van der Waals surface area contributed by atoms with Gasteiger partial charge in [0.15, 0.2) is 6.61 Å². The standard InChI is InChI=1S/C24H24N4O6S/c1-33-20-11-13-22(14-12-20)35(31,32)28(19-5-3-2-4-6-19)16-24(30)27-26-15-18-7-9-21(10-8-18)34-17-23(25)29/h2-15H,16-17H2,1H3,(H2,25,29)(H,27,30)/b26-15-. The number of hydrogen-bond acceptors (Lipinski definition) is 7. The number of sulfonamides is 1. The smallest absolute Gasteiger partial charge is 0.264 e. The average molecular weight is 497 g/mol. The van der Waals surface area contributed by atoms with Crippen LogP contribution in [0.1, 0.15) is 5.56 Å². The number of hydrazone groups is 1. The molecule has 3 rings (SSSR count). The molecule has 0 aromatic heterocycles. The fourth-order valence-electron chi connectivity index (χ4n) is 2.93. The number of carbonyl (C=O) groups is 2. The molecule has 0 radical (unpaired) electrons. The molecule has 0 bridgehead atoms. The van der Waals surface area contributed by atoms with Crippen LogP contribution in [0.25, 0.3) is 0 Å². The van der Waals surface area contributed by atoms with Gasteiger partial charge in [0.1, 0.15) is 18.0 Å². The van der Waals surface area contributed by atoms with Gasteiger partial charge in [0.25, 0.3) is 21.8 Å². The lowest BCUT2D eigenvalue weighted by atomic mass is 10.2. The second-order valence-corrected chi connectivity index (χ2v) is 9.00. The predicted octanol–water partition coefficient (Wildman–Crippen LogP) is 1.90. The molecule has 0 aliphatic rings. The minimum atomic E-state index is -4.05. The highest BCUT2D eigenvalue weighted by Gasteiger charge is 2.27. The van der Waals surface area contributed by atoms with Gasteiger partial charge < -0.3 is 15.2 Å². The Morgan fingerprint density at radius 3 is 2.20 bits per heavy atom. The summed E-state index contributed by atoms with van der Waals surface area (Å²) in [7, 11) is -2.57. The summed E-state index contributed by atoms with van der Waals surface area (Å²) in [6.45, 7) is -0.726. The quantitative estimate of drug-likeness (QED) is 0.307. The van der Waals surface area contributed by atoms with E-state index in [4.69, 9.17) is 15.2 Å². The van der Waals surface area contributed by atoms with Crippen LogP contribution in [0.15, 0.2) is 88.9 Å². The summed E-state index contributed by atoms with van der Waals surface area (Å²) in [5.74, 6) is -0.262. The van der Waals surface area contributed by atoms with E-state index >= 15 is 0 Å². The monoisotopic (exact) mass is 496 g/mol. The summed E-state index contributed by atoms with van der Waals surface area (Å²) in [6.07, 6.45) is 1.39. The molecule has 0 saturated heterocycles. The molecule has 0 unspecified atom stereocenters. The Kier molecular flexibility index (Phi) is 8.41. The lowest BCUT2D eigenvalue weighted by Gasteiger charge is -2.23. The van der Waals surface area contributed by atoms with Crippen molar-refractivity contribution in [2.24, 2.45) is 10.8 Å². The average Bonchev–Trinajstić information content (AvgIpc) is 2.87. The molecular weight excluding hydrogens is 472 g/mol. The zero-order valence-electron chi connectivity index (χ0n) is 18.8. The second-order valence-electron chi connectivity index (χ2n) is 7.14. The molecular formula is C24H24N4O6S. The van der Waals surface area contributed by atoms with Gasteiger partial charge in [-0.2, -0.15) is 5.10 Å². The highest BCUT2D eigenvalue weighted by Crippen LogP contribution is 2.24. The molecule has 10 nitrogen and oxygen atoms in total. The molecule has 0 spiro atoms. The molecule has 0 saturated carbocycles. The first kappa shape index (κ1) is 25.2. The van der Waals surface area contributed by atoms with Gasteiger partial charge >= 0.3 is 0 Å². The van der Waals surface area contributed by atoms with Crippen molar-refractivity contribution in [3.05, 3.63) is 84.4 Å². The largest absolute Gasteiger partial charge is 0.497 e. The molecule has 3 aromatic carbocycles. The van der Waals surface area contributed by atoms with Crippen molar-refractivity contribution in [2.75, 3.05) is 24.6 Å². The first-order chi connectivity index (χ1) is 16.8. The third-order valence-electron chi connectivity index (χ3n) is 4.64. The molecule has 0 aliphatic carbocycles. The van der Waals surface area contributed by atoms with Gasteiger partial charge in [-0.15, -0.1) is 0 Å². The Morgan fingerprint density at radius 2 is 1.60 bits per heavy atom. The van der Waals surface area contributed by atoms with Gasteiger partial charge in [-0.05, 0) is 66.2 Å². The van der Waals surface area contributed by atoms with Crippen molar-refractivity contribution in [1.82, 2.24) is 5.43 Å². The van der Waals surface area contributed by atoms with Crippen LogP contribution in [0.5, 0.6) is 11.5 Å². The molecule has 0 fully saturated rings. The zero-order chi connectivity index (χ0) is 25.3. The summed E-state index contributed by atoms with van der Waals surface area (Å²) in [5.41, 5.74) is 8.34. The Labute approximate surface area is 203 Å². The topological polar surface area (TPSA) is 140 Å². The fourth-order valence-corrected chi connectivity index (χ4v) is 4.35. The summed E-state index contributed by atoms with van der Waals surface area (Å²) in [5, 5.41) is 3.89. The van der Waals surface area contributed by atoms with Gasteiger partial charge in [0.2, 0.25) is 0 Å². The summed E-state index contributed by atoms with van der Waals surface area (Å²) in [6, 6.07) is 20.7. The number of nitrogens with one attached hydrogen (secondary N) is 1. The zero-order valence-corrected chi connectivity index (χ0v) is 19.6. The van der Waals surface area contributed by atoms with E-state index in [0.717, 1.165) is 4.31 Å². The van der Waals surface area contributed by atoms with E-state index < -0.39 is 28.4 Å². The minimum absolute atomic E-state index is 0.0112. The van der Waals surface area contributed by atoms with Crippen LogP contribution in [-0.4, -0.2) is 46.7 Å². The first-order valence-corrected chi connectivity index (χ1v) is 11.8. The van der Waals surface area contributed by atoms with E-state index in [1.54, 1.807) is 54.6 Å². The van der Waals surface area contributed by atoms with E-state index in [1.807, 2.05) is 0 Å². The second kappa shape index (κ2) is 11.7. The molecule has 0 atom stereocenters. The number of anilines is 1. The summed E-state index contributed by atoms with van der Waals surface area (Å²) >= 11 is 0. The van der Waals surface area contributed by atoms with Crippen LogP contribution >= 0.6 is 0 Å². The Bertz CT molecular complexity index is 1280. The molecule has 2 amide bonds. The number of amides is 2. The Hall–Kier alpha value is -4.38. The predicted molar refractivity (Wildman–Crippen MR) is 131 cm³/mol. The van der Waals surface area contributed by atoms with Crippen LogP contribution in [0.4, 0.5) is 5.69 Å². The lowest BCUT2D eigenvalue weighted by molar-refractivity contribution is -0.120. The van der Waals surface area contributed by atoms with Crippen molar-refractivity contribution in [3.8, 4) is 11.5 Å². The fraction of sp³-hybridized carbons (Fsp3) is 0.125. The summed E-state index contributed by atoms with van der Waals surface area (Å²) in [4.78, 5) is 23.4. The van der Waals surface area contributed by atoms with Gasteiger partial charge in [0, 0.05) is 0 Å². The molecule has 11 heteroatoms. The van der Waals surface area contributed by atoms with Crippen LogP contribution in [0.2, 0.25) is 0 Å². The maximum atomic E-state index is 13.3. The van der Waals surface area contributed by atoms with Crippen LogP contribution < -0.4 is 24.9 Å². The molecule has 0 aliphatic heterocycles. The van der Waals surface area contributed by atoms with E-state index in [2.05, 4.69) is 10.5 Å². The van der Waals surface area contributed by atoms with Crippen molar-refractivity contribution < 1.29 is 27.5 Å². The normalized spacial score (nSPS) is 11.1. The number of benzene rings is 3. The van der Waals surface area contributed by atoms with Gasteiger partial charge in [-0.1, -0.05) is 18.2 Å². The summed E-state index contributed by atoms with van der Waals surface area (Å²) < 4.78 is 37.9. The SMILES string of the molecule is COc1ccc(S(=O)(=O)N(CC(=O)N/N=C\c2ccc(OCC(N)=O)cc2)c2ccccc2)cc1. The highest BCUT2D eigenvalue weighted by molar-refractivity contribution is 7.92. The number of hydrogen-bond donors (Lipinski definition) is 2. The van der Waals surface area contributed by atoms with Crippen LogP contribution in [0, 0.1) is 0 Å². The van der Waals surface area contributed by atoms with Gasteiger partial charge in [-0.25, -0.2) is 13.8 Å². The van der Waals surface area contributed by atoms with E-state index in [0.29, 0.717) is 22.7 Å². The van der Waals surface area contributed by atoms with E-state index in [-0.39, 0.29) is 11.5 Å². The molecule has 3 aromatic rings. The van der Waals surface area contributed by atoms with Crippen molar-refractivity contribution in [1.29, 1.82) is 0 Å². The van der Waals surface area contributed by atoms with Gasteiger partial charge in [-0.3, -0.25) is 13.9 Å². The first-order valence-electron chi connectivity index (χ1n) is 10.3. The number of carbonyl (C=O) groups excluding carboxylic acids is 2. The Balaban J connectivity index is 1.71. The molecule has 0 heterocycles. The number of nitrogens with two attached hydrogens (primary N) is 1. The highest BCUT2D eigenvalue weighted by atomic mass is 32.2. The van der Waals surface area contributed by atoms with Crippen LogP contribution in [-0.2, 0) is 19.6 Å². The van der Waals surface area contributed by atoms with E-state index in [9.17, 15) is 18.0 Å². The van der Waals surface area contributed by atoms with Crippen molar-refractivity contribution in [3.63, 3.8) is 0 Å². The number of primary amides is 1. The van der Waals surface area contributed by atoms with Crippen LogP contribution in [0.3, 0.4) is 0 Å². The molecule has 182 valence electrons. The number of ether oxygens (including phenoxy) is 2. The van der Waals surface area contributed by atoms with Crippen molar-refractivity contribution >= 4 is 33.7 Å². The number of para-hydroxylation sites is 1. The molecule has 3 N–H and O–H groups in total. The maximum absolute atomic E-state index is 13.3. The third-order valence-corrected chi connectivity index (χ3v) is 6.43. The van der Waals surface area contributed by atoms with E-state index in [1.165, 1.54) is 37.6 Å². The third kappa shape index (κ3) is 7.05. The lowest BCUT2D eigenvalue weighted by Crippen LogP contribution is -2.39. The number of methoxy groups -OCH3 is 1. The van der Waals surface area contributed by atoms with Gasteiger partial charge in [0.05, 0.1) is 23.9 Å². The number of rotatable bonds is 11. The Morgan fingerprint density at radius 1 is 0.971 bits per heavy atom. The maximum Gasteiger partial charge on any atom is 0.264 e. The number of nitrogens with zero attached hydrogens (tertiary/aromatic N) is 2. The molecule has 35 heavy (non-hydrogen) atoms. The van der Waals surface area contributed by atoms with Crippen molar-refractivity contribution in [2.45, 2.75) is 4.90 Å².